The number of ether oxygens (including phenoxy) is 2. The van der Waals surface area contributed by atoms with E-state index >= 15 is 8.78 Å². The van der Waals surface area contributed by atoms with Crippen molar-refractivity contribution in [3.63, 3.8) is 0 Å². The molecule has 0 unspecified atom stereocenters. The van der Waals surface area contributed by atoms with Crippen molar-refractivity contribution in [2.75, 3.05) is 12.9 Å². The van der Waals surface area contributed by atoms with Gasteiger partial charge in [-0.2, -0.15) is 4.39 Å². The first-order chi connectivity index (χ1) is 19.4. The minimum atomic E-state index is -1.11. The van der Waals surface area contributed by atoms with Gasteiger partial charge in [0.15, 0.2) is 11.6 Å². The predicted octanol–water partition coefficient (Wildman–Crippen LogP) is 8.46. The third-order valence-corrected chi connectivity index (χ3v) is 8.92. The maximum atomic E-state index is 15.1. The number of hydrogen-bond donors (Lipinski definition) is 2. The zero-order chi connectivity index (χ0) is 27.6. The second-order valence-corrected chi connectivity index (χ2v) is 11.4. The summed E-state index contributed by atoms with van der Waals surface area (Å²) in [5, 5.41) is 0.509. The quantitative estimate of drug-likeness (QED) is 0.204. The van der Waals surface area contributed by atoms with Gasteiger partial charge in [0, 0.05) is 34.5 Å². The second kappa shape index (κ2) is 9.37. The van der Waals surface area contributed by atoms with Gasteiger partial charge in [-0.1, -0.05) is 18.2 Å². The summed E-state index contributed by atoms with van der Waals surface area (Å²) in [4.78, 5) is 11.0. The van der Waals surface area contributed by atoms with Gasteiger partial charge in [-0.05, 0) is 68.2 Å². The number of fused-ring (bicyclic) bond motifs is 2. The lowest BCUT2D eigenvalue weighted by Crippen LogP contribution is -2.32. The van der Waals surface area contributed by atoms with Crippen LogP contribution < -0.4 is 9.47 Å². The van der Waals surface area contributed by atoms with E-state index in [0.717, 1.165) is 23.4 Å². The average molecular weight is 562 g/mol. The molecular formula is C31H26F3N3O2S. The number of aromatic amines is 2. The van der Waals surface area contributed by atoms with Crippen LogP contribution in [0.25, 0.3) is 22.3 Å². The molecule has 2 N–H and O–H groups in total. The fraction of sp³-hybridized carbons (Fsp3) is 0.258. The van der Waals surface area contributed by atoms with Crippen molar-refractivity contribution in [2.45, 2.75) is 42.4 Å². The Balaban J connectivity index is 1.25. The molecule has 0 spiro atoms. The van der Waals surface area contributed by atoms with E-state index in [1.54, 1.807) is 24.7 Å². The monoisotopic (exact) mass is 561 g/mol. The first-order valence-corrected chi connectivity index (χ1v) is 14.4. The average Bonchev–Trinajstić information content (AvgIpc) is 3.46. The van der Waals surface area contributed by atoms with Crippen molar-refractivity contribution in [1.82, 2.24) is 15.0 Å². The molecule has 3 aromatic carbocycles. The smallest absolute Gasteiger partial charge is 0.204 e. The molecule has 0 radical (unpaired) electrons. The molecule has 40 heavy (non-hydrogen) atoms. The third kappa shape index (κ3) is 3.90. The van der Waals surface area contributed by atoms with E-state index in [9.17, 15) is 4.39 Å². The van der Waals surface area contributed by atoms with Gasteiger partial charge in [0.2, 0.25) is 5.82 Å². The number of imidazole rings is 1. The Morgan fingerprint density at radius 3 is 2.75 bits per heavy atom. The van der Waals surface area contributed by atoms with Gasteiger partial charge in [-0.15, -0.1) is 11.8 Å². The maximum Gasteiger partial charge on any atom is 0.204 e. The summed E-state index contributed by atoms with van der Waals surface area (Å²) in [5.41, 5.74) is 3.05. The van der Waals surface area contributed by atoms with Crippen LogP contribution in [0.2, 0.25) is 0 Å². The molecule has 5 aromatic rings. The van der Waals surface area contributed by atoms with Gasteiger partial charge in [0.05, 0.1) is 22.6 Å². The highest BCUT2D eigenvalue weighted by Gasteiger charge is 2.40. The van der Waals surface area contributed by atoms with Gasteiger partial charge in [-0.25, -0.2) is 13.8 Å². The molecule has 5 nitrogen and oxygen atoms in total. The minimum absolute atomic E-state index is 0.0737. The normalized spacial score (nSPS) is 18.5. The Kier molecular flexibility index (Phi) is 5.89. The molecule has 9 heteroatoms. The van der Waals surface area contributed by atoms with Crippen molar-refractivity contribution in [1.29, 1.82) is 0 Å². The number of hydrogen-bond acceptors (Lipinski definition) is 4. The van der Waals surface area contributed by atoms with E-state index in [-0.39, 0.29) is 22.6 Å². The first kappa shape index (κ1) is 25.1. The highest BCUT2D eigenvalue weighted by atomic mass is 32.2. The SMILES string of the molecule is CSc1c(Oc2ccc(F)c(-c3ncc([C@@]4(C)CCOc5c(C6CC6)cccc54)[nH]3)c2)c(F)c(F)c2[nH]ccc12. The van der Waals surface area contributed by atoms with Crippen molar-refractivity contribution < 1.29 is 22.6 Å². The van der Waals surface area contributed by atoms with Crippen LogP contribution in [-0.4, -0.2) is 27.8 Å². The summed E-state index contributed by atoms with van der Waals surface area (Å²) in [6.07, 6.45) is 8.14. The van der Waals surface area contributed by atoms with Gasteiger partial charge < -0.3 is 19.4 Å². The zero-order valence-corrected chi connectivity index (χ0v) is 22.7. The molecule has 3 heterocycles. The number of benzene rings is 3. The van der Waals surface area contributed by atoms with E-state index in [2.05, 4.69) is 40.1 Å². The highest BCUT2D eigenvalue weighted by Crippen LogP contribution is 2.51. The fourth-order valence-corrected chi connectivity index (χ4v) is 6.42. The summed E-state index contributed by atoms with van der Waals surface area (Å²) in [5.74, 6) is -0.906. The lowest BCUT2D eigenvalue weighted by molar-refractivity contribution is 0.239. The van der Waals surface area contributed by atoms with Crippen LogP contribution >= 0.6 is 11.8 Å². The molecule has 1 aliphatic heterocycles. The minimum Gasteiger partial charge on any atom is -0.493 e. The third-order valence-electron chi connectivity index (χ3n) is 8.10. The van der Waals surface area contributed by atoms with Crippen LogP contribution in [-0.2, 0) is 5.41 Å². The van der Waals surface area contributed by atoms with Crippen LogP contribution in [0.5, 0.6) is 17.2 Å². The summed E-state index contributed by atoms with van der Waals surface area (Å²) in [6.45, 7) is 2.72. The predicted molar refractivity (Wildman–Crippen MR) is 149 cm³/mol. The van der Waals surface area contributed by atoms with Crippen LogP contribution in [0.3, 0.4) is 0 Å². The maximum absolute atomic E-state index is 15.1. The molecular weight excluding hydrogens is 535 g/mol. The number of aromatic nitrogens is 3. The fourth-order valence-electron chi connectivity index (χ4n) is 5.71. The van der Waals surface area contributed by atoms with E-state index in [1.165, 1.54) is 48.4 Å². The van der Waals surface area contributed by atoms with Crippen LogP contribution in [0, 0.1) is 17.5 Å². The van der Waals surface area contributed by atoms with Crippen LogP contribution in [0.1, 0.15) is 48.9 Å². The number of para-hydroxylation sites is 1. The lowest BCUT2D eigenvalue weighted by atomic mass is 9.74. The Labute approximate surface area is 233 Å². The summed E-state index contributed by atoms with van der Waals surface area (Å²) in [6, 6.07) is 12.1. The van der Waals surface area contributed by atoms with Crippen molar-refractivity contribution in [3.05, 3.63) is 89.1 Å². The standard InChI is InChI=1S/C31H26F3N3O2S/c1-31(11-13-38-27-18(16-6-7-16)4-3-5-21(27)31)23-15-36-30(37-23)20-14-17(8-9-22(20)32)39-28-25(34)24(33)26-19(10-12-35-26)29(28)40-2/h3-5,8-10,12,14-16,35H,6-7,11,13H2,1-2H3,(H,36,37)/t31-/m0/s1. The summed E-state index contributed by atoms with van der Waals surface area (Å²) < 4.78 is 56.9. The van der Waals surface area contributed by atoms with E-state index in [1.807, 2.05) is 0 Å². The van der Waals surface area contributed by atoms with E-state index in [0.29, 0.717) is 28.6 Å². The Hall–Kier alpha value is -3.85. The number of H-pyrrole nitrogens is 2. The Morgan fingerprint density at radius 1 is 1.10 bits per heavy atom. The number of nitrogens with zero attached hydrogens (tertiary/aromatic N) is 1. The number of halogens is 3. The molecule has 1 fully saturated rings. The number of thioether (sulfide) groups is 1. The molecule has 7 rings (SSSR count). The molecule has 2 aromatic heterocycles. The Bertz CT molecular complexity index is 1780. The Morgan fingerprint density at radius 2 is 1.95 bits per heavy atom. The van der Waals surface area contributed by atoms with Crippen molar-refractivity contribution in [3.8, 4) is 28.6 Å². The van der Waals surface area contributed by atoms with Crippen molar-refractivity contribution >= 4 is 22.7 Å². The molecule has 1 atom stereocenters. The van der Waals surface area contributed by atoms with E-state index < -0.39 is 22.9 Å². The van der Waals surface area contributed by atoms with Gasteiger partial charge in [0.25, 0.3) is 0 Å². The van der Waals surface area contributed by atoms with Crippen molar-refractivity contribution in [2.24, 2.45) is 0 Å². The molecule has 1 saturated carbocycles. The summed E-state index contributed by atoms with van der Waals surface area (Å²) >= 11 is 1.24. The summed E-state index contributed by atoms with van der Waals surface area (Å²) in [7, 11) is 0. The van der Waals surface area contributed by atoms with Gasteiger partial charge in [0.1, 0.15) is 23.1 Å². The molecule has 1 aliphatic carbocycles. The largest absolute Gasteiger partial charge is 0.493 e. The highest BCUT2D eigenvalue weighted by molar-refractivity contribution is 7.99. The molecule has 2 aliphatic rings. The molecule has 0 amide bonds. The second-order valence-electron chi connectivity index (χ2n) is 10.6. The molecule has 0 saturated heterocycles. The topological polar surface area (TPSA) is 62.9 Å². The zero-order valence-electron chi connectivity index (χ0n) is 21.9. The number of rotatable bonds is 6. The first-order valence-electron chi connectivity index (χ1n) is 13.2. The van der Waals surface area contributed by atoms with Gasteiger partial charge >= 0.3 is 0 Å². The van der Waals surface area contributed by atoms with Crippen LogP contribution in [0.15, 0.2) is 59.8 Å². The van der Waals surface area contributed by atoms with Crippen LogP contribution in [0.4, 0.5) is 13.2 Å². The molecule has 204 valence electrons. The molecule has 0 bridgehead atoms. The lowest BCUT2D eigenvalue weighted by Gasteiger charge is -2.36. The van der Waals surface area contributed by atoms with Gasteiger partial charge in [-0.3, -0.25) is 0 Å². The number of nitrogens with one attached hydrogen (secondary N) is 2. The van der Waals surface area contributed by atoms with E-state index in [4.69, 9.17) is 9.47 Å².